The summed E-state index contributed by atoms with van der Waals surface area (Å²) in [6, 6.07) is 0. The Hall–Kier alpha value is 0.220. The molecule has 0 bridgehead atoms. The Kier molecular flexibility index (Phi) is 5.07. The lowest BCUT2D eigenvalue weighted by Crippen LogP contribution is -2.09. The van der Waals surface area contributed by atoms with Gasteiger partial charge in [0.15, 0.2) is 0 Å². The van der Waals surface area contributed by atoms with Crippen LogP contribution in [0.1, 0.15) is 6.92 Å². The van der Waals surface area contributed by atoms with Gasteiger partial charge in [-0.1, -0.05) is 0 Å². The molecule has 0 aromatic carbocycles. The van der Waals surface area contributed by atoms with Crippen LogP contribution in [0, 0.1) is 0 Å². The lowest BCUT2D eigenvalue weighted by molar-refractivity contribution is 0.220. The molecule has 2 N–H and O–H groups in total. The van der Waals surface area contributed by atoms with Crippen LogP contribution in [-0.2, 0) is 10.1 Å². The molecule has 0 aromatic rings. The Morgan fingerprint density at radius 2 is 2.09 bits per heavy atom. The van der Waals surface area contributed by atoms with E-state index in [2.05, 4.69) is 0 Å². The van der Waals surface area contributed by atoms with Crippen molar-refractivity contribution in [3.05, 3.63) is 0 Å². The van der Waals surface area contributed by atoms with Gasteiger partial charge in [-0.3, -0.25) is 4.55 Å². The average molecular weight is 200 g/mol. The van der Waals surface area contributed by atoms with Gasteiger partial charge in [-0.15, -0.1) is 0 Å². The summed E-state index contributed by atoms with van der Waals surface area (Å²) in [5.74, 6) is 0.573. The smallest absolute Gasteiger partial charge is 0.265 e. The highest BCUT2D eigenvalue weighted by Gasteiger charge is 2.04. The van der Waals surface area contributed by atoms with Gasteiger partial charge in [0, 0.05) is 11.5 Å². The molecule has 0 rings (SSSR count). The first-order valence-electron chi connectivity index (χ1n) is 3.13. The molecule has 0 aliphatic carbocycles. The molecule has 0 aliphatic heterocycles. The normalized spacial score (nSPS) is 14.8. The first kappa shape index (κ1) is 11.2. The van der Waals surface area contributed by atoms with Gasteiger partial charge >= 0.3 is 0 Å². The molecule has 0 fully saturated rings. The molecule has 11 heavy (non-hydrogen) atoms. The van der Waals surface area contributed by atoms with E-state index in [0.717, 1.165) is 0 Å². The van der Waals surface area contributed by atoms with E-state index >= 15 is 0 Å². The van der Waals surface area contributed by atoms with Crippen LogP contribution < -0.4 is 0 Å². The van der Waals surface area contributed by atoms with Crippen LogP contribution in [0.5, 0.6) is 0 Å². The van der Waals surface area contributed by atoms with Crippen molar-refractivity contribution in [3.8, 4) is 0 Å². The molecule has 1 atom stereocenters. The minimum absolute atomic E-state index is 0.246. The van der Waals surface area contributed by atoms with Crippen LogP contribution in [-0.4, -0.2) is 41.4 Å². The van der Waals surface area contributed by atoms with Crippen molar-refractivity contribution in [3.63, 3.8) is 0 Å². The van der Waals surface area contributed by atoms with Crippen molar-refractivity contribution in [2.24, 2.45) is 0 Å². The summed E-state index contributed by atoms with van der Waals surface area (Å²) in [6.45, 7) is 1.63. The summed E-state index contributed by atoms with van der Waals surface area (Å²) >= 11 is 1.30. The van der Waals surface area contributed by atoms with Crippen LogP contribution in [0.25, 0.3) is 0 Å². The minimum Gasteiger partial charge on any atom is -0.393 e. The third kappa shape index (κ3) is 10.2. The fourth-order valence-corrected chi connectivity index (χ4v) is 2.24. The number of hydrogen-bond acceptors (Lipinski definition) is 4. The Morgan fingerprint density at radius 1 is 1.55 bits per heavy atom. The highest BCUT2D eigenvalue weighted by Crippen LogP contribution is 2.02. The summed E-state index contributed by atoms with van der Waals surface area (Å²) in [4.78, 5) is 0. The maximum atomic E-state index is 10.2. The van der Waals surface area contributed by atoms with E-state index in [4.69, 9.17) is 9.66 Å². The highest BCUT2D eigenvalue weighted by molar-refractivity contribution is 8.00. The number of rotatable bonds is 5. The van der Waals surface area contributed by atoms with Gasteiger partial charge in [-0.25, -0.2) is 0 Å². The molecule has 0 saturated heterocycles. The minimum atomic E-state index is -3.82. The fraction of sp³-hybridized carbons (Fsp3) is 1.00. The number of aliphatic hydroxyl groups excluding tert-OH is 1. The van der Waals surface area contributed by atoms with Crippen molar-refractivity contribution in [2.45, 2.75) is 13.0 Å². The second-order valence-corrected chi connectivity index (χ2v) is 4.93. The van der Waals surface area contributed by atoms with Gasteiger partial charge in [0.25, 0.3) is 10.1 Å². The molecule has 6 heteroatoms. The van der Waals surface area contributed by atoms with Crippen molar-refractivity contribution in [1.82, 2.24) is 0 Å². The van der Waals surface area contributed by atoms with Gasteiger partial charge in [-0.05, 0) is 6.92 Å². The maximum Gasteiger partial charge on any atom is 0.265 e. The molecule has 0 aromatic heterocycles. The zero-order valence-corrected chi connectivity index (χ0v) is 7.86. The molecule has 0 unspecified atom stereocenters. The summed E-state index contributed by atoms with van der Waals surface area (Å²) in [5, 5.41) is 8.75. The number of thioether (sulfide) groups is 1. The molecule has 0 aliphatic rings. The molecule has 0 amide bonds. The summed E-state index contributed by atoms with van der Waals surface area (Å²) in [7, 11) is -3.82. The quantitative estimate of drug-likeness (QED) is 0.482. The highest BCUT2D eigenvalue weighted by atomic mass is 32.2. The van der Waals surface area contributed by atoms with Crippen molar-refractivity contribution in [1.29, 1.82) is 0 Å². The maximum absolute atomic E-state index is 10.2. The monoisotopic (exact) mass is 200 g/mol. The summed E-state index contributed by atoms with van der Waals surface area (Å²) in [5.41, 5.74) is 0. The third-order valence-corrected chi connectivity index (χ3v) is 3.03. The number of aliphatic hydroxyl groups is 1. The molecule has 0 spiro atoms. The standard InChI is InChI=1S/C5H12O4S2/c1-5(6)4-10-2-3-11(7,8)9/h5-6H,2-4H2,1H3,(H,7,8,9)/t5-/m1/s1. The molecular weight excluding hydrogens is 188 g/mol. The fourth-order valence-electron chi connectivity index (χ4n) is 0.418. The predicted octanol–water partition coefficient (Wildman–Crippen LogP) is -0.0118. The molecule has 68 valence electrons. The van der Waals surface area contributed by atoms with Crippen molar-refractivity contribution in [2.75, 3.05) is 17.3 Å². The van der Waals surface area contributed by atoms with Crippen LogP contribution in [0.15, 0.2) is 0 Å². The van der Waals surface area contributed by atoms with Crippen LogP contribution in [0.4, 0.5) is 0 Å². The first-order chi connectivity index (χ1) is 4.92. The lowest BCUT2D eigenvalue weighted by Gasteiger charge is -2.01. The Morgan fingerprint density at radius 3 is 2.45 bits per heavy atom. The van der Waals surface area contributed by atoms with Crippen molar-refractivity contribution < 1.29 is 18.1 Å². The topological polar surface area (TPSA) is 74.6 Å². The molecule has 0 radical (unpaired) electrons. The van der Waals surface area contributed by atoms with E-state index in [0.29, 0.717) is 11.5 Å². The van der Waals surface area contributed by atoms with E-state index in [1.54, 1.807) is 6.92 Å². The second-order valence-electron chi connectivity index (χ2n) is 2.21. The van der Waals surface area contributed by atoms with E-state index in [9.17, 15) is 8.42 Å². The second kappa shape index (κ2) is 4.97. The Bertz CT molecular complexity index is 185. The SMILES string of the molecule is C[C@@H](O)CSCCS(=O)(=O)O. The van der Waals surface area contributed by atoms with E-state index < -0.39 is 16.2 Å². The van der Waals surface area contributed by atoms with Crippen LogP contribution in [0.3, 0.4) is 0 Å². The predicted molar refractivity (Wildman–Crippen MR) is 45.4 cm³/mol. The molecule has 0 saturated carbocycles. The largest absolute Gasteiger partial charge is 0.393 e. The summed E-state index contributed by atoms with van der Waals surface area (Å²) < 4.78 is 28.6. The zero-order valence-electron chi connectivity index (χ0n) is 6.23. The molecule has 0 heterocycles. The van der Waals surface area contributed by atoms with Gasteiger partial charge in [0.1, 0.15) is 0 Å². The van der Waals surface area contributed by atoms with Crippen LogP contribution >= 0.6 is 11.8 Å². The zero-order chi connectivity index (χ0) is 8.91. The third-order valence-electron chi connectivity index (χ3n) is 0.845. The van der Waals surface area contributed by atoms with Gasteiger partial charge in [-0.2, -0.15) is 20.2 Å². The summed E-state index contributed by atoms with van der Waals surface area (Å²) in [6.07, 6.45) is -0.429. The van der Waals surface area contributed by atoms with Gasteiger partial charge in [0.05, 0.1) is 11.9 Å². The van der Waals surface area contributed by atoms with Crippen molar-refractivity contribution >= 4 is 21.9 Å². The first-order valence-corrected chi connectivity index (χ1v) is 5.89. The van der Waals surface area contributed by atoms with E-state index in [-0.39, 0.29) is 5.75 Å². The van der Waals surface area contributed by atoms with Crippen LogP contribution in [0.2, 0.25) is 0 Å². The number of hydrogen-bond donors (Lipinski definition) is 2. The lowest BCUT2D eigenvalue weighted by atomic mass is 10.5. The van der Waals surface area contributed by atoms with Gasteiger partial charge < -0.3 is 5.11 Å². The average Bonchev–Trinajstić information content (AvgIpc) is 1.78. The Labute approximate surface area is 70.7 Å². The van der Waals surface area contributed by atoms with E-state index in [1.807, 2.05) is 0 Å². The molecule has 4 nitrogen and oxygen atoms in total. The van der Waals surface area contributed by atoms with Gasteiger partial charge in [0.2, 0.25) is 0 Å². The molecular formula is C5H12O4S2. The van der Waals surface area contributed by atoms with E-state index in [1.165, 1.54) is 11.8 Å². The Balaban J connectivity index is 3.30.